The second-order valence-corrected chi connectivity index (χ2v) is 6.83. The molecule has 23 heavy (non-hydrogen) atoms. The van der Waals surface area contributed by atoms with E-state index in [1.165, 1.54) is 6.07 Å². The first-order valence-electron chi connectivity index (χ1n) is 6.16. The van der Waals surface area contributed by atoms with Crippen LogP contribution in [0.3, 0.4) is 0 Å². The molecule has 3 N–H and O–H groups in total. The van der Waals surface area contributed by atoms with Gasteiger partial charge in [-0.1, -0.05) is 34.7 Å². The third-order valence-corrected chi connectivity index (χ3v) is 4.90. The van der Waals surface area contributed by atoms with Crippen LogP contribution in [0, 0.1) is 10.1 Å². The molecule has 3 aromatic rings. The first kappa shape index (κ1) is 15.7. The summed E-state index contributed by atoms with van der Waals surface area (Å²) in [6.07, 6.45) is 0. The van der Waals surface area contributed by atoms with Crippen LogP contribution in [0.1, 0.15) is 5.56 Å². The first-order valence-corrected chi connectivity index (χ1v) is 8.34. The van der Waals surface area contributed by atoms with E-state index in [1.807, 2.05) is 0 Å². The minimum Gasteiger partial charge on any atom is -0.375 e. The van der Waals surface area contributed by atoms with Crippen molar-refractivity contribution in [2.24, 2.45) is 0 Å². The van der Waals surface area contributed by atoms with E-state index in [-0.39, 0.29) is 32.8 Å². The fourth-order valence-electron chi connectivity index (χ4n) is 1.87. The van der Waals surface area contributed by atoms with Crippen LogP contribution < -0.4 is 11.3 Å². The van der Waals surface area contributed by atoms with Gasteiger partial charge < -0.3 is 10.7 Å². The second kappa shape index (κ2) is 6.14. The average Bonchev–Trinajstić information content (AvgIpc) is 2.87. The Kier molecular flexibility index (Phi) is 4.20. The Balaban J connectivity index is 1.89. The van der Waals surface area contributed by atoms with Gasteiger partial charge in [0.15, 0.2) is 15.9 Å². The summed E-state index contributed by atoms with van der Waals surface area (Å²) in [5.74, 6) is 0.252. The molecule has 1 aromatic carbocycles. The summed E-state index contributed by atoms with van der Waals surface area (Å²) >= 11 is 7.99. The predicted octanol–water partition coefficient (Wildman–Crippen LogP) is 2.82. The Morgan fingerprint density at radius 3 is 2.96 bits per heavy atom. The van der Waals surface area contributed by atoms with Gasteiger partial charge in [-0.25, -0.2) is 9.97 Å². The number of aromatic nitrogens is 3. The van der Waals surface area contributed by atoms with E-state index in [0.29, 0.717) is 15.4 Å². The van der Waals surface area contributed by atoms with Crippen molar-refractivity contribution in [1.29, 1.82) is 0 Å². The molecule has 0 saturated carbocycles. The number of H-pyrrole nitrogens is 1. The lowest BCUT2D eigenvalue weighted by Gasteiger charge is -2.03. The third-order valence-electron chi connectivity index (χ3n) is 2.87. The van der Waals surface area contributed by atoms with E-state index in [1.54, 1.807) is 12.1 Å². The Labute approximate surface area is 141 Å². The van der Waals surface area contributed by atoms with Crippen molar-refractivity contribution in [3.05, 3.63) is 49.3 Å². The normalized spacial score (nSPS) is 11.0. The Bertz CT molecular complexity index is 971. The number of nitro benzene ring substituents is 1. The minimum atomic E-state index is -0.498. The highest BCUT2D eigenvalue weighted by Gasteiger charge is 2.16. The molecule has 11 heteroatoms. The van der Waals surface area contributed by atoms with Crippen molar-refractivity contribution in [2.45, 2.75) is 10.9 Å². The number of nitrogen functional groups attached to an aromatic ring is 1. The summed E-state index contributed by atoms with van der Waals surface area (Å²) in [6.45, 7) is 0. The average molecular weight is 370 g/mol. The van der Waals surface area contributed by atoms with Crippen LogP contribution in [0.15, 0.2) is 28.2 Å². The van der Waals surface area contributed by atoms with Crippen molar-refractivity contribution >= 4 is 55.9 Å². The van der Waals surface area contributed by atoms with Gasteiger partial charge in [0.25, 0.3) is 11.2 Å². The van der Waals surface area contributed by atoms with Crippen molar-refractivity contribution < 1.29 is 4.92 Å². The molecule has 0 amide bonds. The topological polar surface area (TPSA) is 128 Å². The summed E-state index contributed by atoms with van der Waals surface area (Å²) in [5.41, 5.74) is 5.89. The number of nitrogens with one attached hydrogen (secondary N) is 1. The smallest absolute Gasteiger partial charge is 0.274 e. The number of anilines is 1. The van der Waals surface area contributed by atoms with Gasteiger partial charge in [0, 0.05) is 22.4 Å². The number of benzene rings is 1. The van der Waals surface area contributed by atoms with Crippen LogP contribution in [0.5, 0.6) is 0 Å². The highest BCUT2D eigenvalue weighted by atomic mass is 35.5. The van der Waals surface area contributed by atoms with Crippen LogP contribution in [-0.4, -0.2) is 19.9 Å². The van der Waals surface area contributed by atoms with E-state index in [4.69, 9.17) is 17.3 Å². The van der Waals surface area contributed by atoms with E-state index < -0.39 is 4.92 Å². The number of rotatable bonds is 4. The lowest BCUT2D eigenvalue weighted by molar-refractivity contribution is -0.385. The summed E-state index contributed by atoms with van der Waals surface area (Å²) in [6, 6.07) is 4.44. The fraction of sp³-hybridized carbons (Fsp3) is 0.0833. The lowest BCUT2D eigenvalue weighted by Crippen LogP contribution is -2.07. The van der Waals surface area contributed by atoms with Crippen LogP contribution in [0.25, 0.3) is 10.3 Å². The molecule has 2 aromatic heterocycles. The standard InChI is InChI=1S/C12H8ClN5O3S2/c13-6-2-1-5(7(3-6)18(20)21)4-22-12-16-9-8(10(19)17-12)23-11(14)15-9/h1-3H,4H2,(H3,14,15,16,17,19). The van der Waals surface area contributed by atoms with Gasteiger partial charge in [-0.15, -0.1) is 0 Å². The highest BCUT2D eigenvalue weighted by Crippen LogP contribution is 2.29. The van der Waals surface area contributed by atoms with E-state index in [0.717, 1.165) is 23.1 Å². The SMILES string of the molecule is Nc1nc2nc(SCc3ccc(Cl)cc3[N+](=O)[O-])[nH]c(=O)c2s1. The maximum atomic E-state index is 11.9. The number of fused-ring (bicyclic) bond motifs is 1. The molecular weight excluding hydrogens is 362 g/mol. The first-order chi connectivity index (χ1) is 10.9. The number of thiazole rings is 1. The van der Waals surface area contributed by atoms with Gasteiger partial charge in [0.1, 0.15) is 4.70 Å². The number of nitrogens with two attached hydrogens (primary N) is 1. The molecule has 0 saturated heterocycles. The molecular formula is C12H8ClN5O3S2. The molecule has 118 valence electrons. The molecule has 3 rings (SSSR count). The lowest BCUT2D eigenvalue weighted by atomic mass is 10.2. The summed E-state index contributed by atoms with van der Waals surface area (Å²) in [4.78, 5) is 33.3. The Morgan fingerprint density at radius 2 is 2.22 bits per heavy atom. The van der Waals surface area contributed by atoms with Gasteiger partial charge in [-0.05, 0) is 12.1 Å². The van der Waals surface area contributed by atoms with Gasteiger partial charge >= 0.3 is 0 Å². The van der Waals surface area contributed by atoms with Gasteiger partial charge in [-0.2, -0.15) is 0 Å². The molecule has 0 aliphatic rings. The maximum absolute atomic E-state index is 11.9. The summed E-state index contributed by atoms with van der Waals surface area (Å²) in [7, 11) is 0. The molecule has 2 heterocycles. The molecule has 0 fully saturated rings. The number of nitro groups is 1. The quantitative estimate of drug-likeness (QED) is 0.313. The fourth-order valence-corrected chi connectivity index (χ4v) is 3.56. The molecule has 0 aliphatic heterocycles. The molecule has 0 radical (unpaired) electrons. The van der Waals surface area contributed by atoms with Crippen LogP contribution in [-0.2, 0) is 5.75 Å². The van der Waals surface area contributed by atoms with Crippen molar-refractivity contribution in [3.63, 3.8) is 0 Å². The molecule has 0 aliphatic carbocycles. The van der Waals surface area contributed by atoms with Crippen LogP contribution in [0.4, 0.5) is 10.8 Å². The predicted molar refractivity (Wildman–Crippen MR) is 90.1 cm³/mol. The maximum Gasteiger partial charge on any atom is 0.274 e. The van der Waals surface area contributed by atoms with Crippen LogP contribution in [0.2, 0.25) is 5.02 Å². The van der Waals surface area contributed by atoms with Gasteiger partial charge in [-0.3, -0.25) is 14.9 Å². The zero-order chi connectivity index (χ0) is 16.6. The number of nitrogens with zero attached hydrogens (tertiary/aromatic N) is 3. The Morgan fingerprint density at radius 1 is 1.43 bits per heavy atom. The zero-order valence-electron chi connectivity index (χ0n) is 11.3. The molecule has 0 spiro atoms. The molecule has 0 bridgehead atoms. The molecule has 0 atom stereocenters. The van der Waals surface area contributed by atoms with Crippen molar-refractivity contribution in [2.75, 3.05) is 5.73 Å². The number of hydrogen-bond donors (Lipinski definition) is 2. The van der Waals surface area contributed by atoms with E-state index >= 15 is 0 Å². The third kappa shape index (κ3) is 3.28. The Hall–Kier alpha value is -2.17. The van der Waals surface area contributed by atoms with E-state index in [9.17, 15) is 14.9 Å². The minimum absolute atomic E-state index is 0.0775. The highest BCUT2D eigenvalue weighted by molar-refractivity contribution is 7.98. The summed E-state index contributed by atoms with van der Waals surface area (Å²) in [5, 5.41) is 11.9. The van der Waals surface area contributed by atoms with E-state index in [2.05, 4.69) is 15.0 Å². The molecule has 0 unspecified atom stereocenters. The largest absolute Gasteiger partial charge is 0.375 e. The zero-order valence-corrected chi connectivity index (χ0v) is 13.7. The van der Waals surface area contributed by atoms with Gasteiger partial charge in [0.05, 0.1) is 4.92 Å². The second-order valence-electron chi connectivity index (χ2n) is 4.39. The number of aromatic amines is 1. The monoisotopic (exact) mass is 369 g/mol. The van der Waals surface area contributed by atoms with Crippen molar-refractivity contribution in [1.82, 2.24) is 15.0 Å². The molecule has 8 nitrogen and oxygen atoms in total. The summed E-state index contributed by atoms with van der Waals surface area (Å²) < 4.78 is 0.351. The number of hydrogen-bond acceptors (Lipinski definition) is 8. The van der Waals surface area contributed by atoms with Crippen molar-refractivity contribution in [3.8, 4) is 0 Å². The van der Waals surface area contributed by atoms with Crippen LogP contribution >= 0.6 is 34.7 Å². The van der Waals surface area contributed by atoms with Gasteiger partial charge in [0.2, 0.25) is 0 Å². The number of thioether (sulfide) groups is 1. The number of halogens is 1.